The summed E-state index contributed by atoms with van der Waals surface area (Å²) in [5.74, 6) is 1.41. The Bertz CT molecular complexity index is 840. The molecular formula is C25H29NO. The first-order chi connectivity index (χ1) is 13.2. The van der Waals surface area contributed by atoms with Gasteiger partial charge in [0.25, 0.3) is 0 Å². The fraction of sp³-hybridized carbons (Fsp3) is 0.280. The fourth-order valence-corrected chi connectivity index (χ4v) is 3.50. The van der Waals surface area contributed by atoms with Crippen molar-refractivity contribution < 1.29 is 4.74 Å². The molecule has 140 valence electrons. The van der Waals surface area contributed by atoms with E-state index < -0.39 is 0 Å². The Balaban J connectivity index is 1.73. The third-order valence-electron chi connectivity index (χ3n) is 4.93. The average molecular weight is 360 g/mol. The smallest absolute Gasteiger partial charge is 0.120 e. The van der Waals surface area contributed by atoms with E-state index in [4.69, 9.17) is 10.5 Å². The average Bonchev–Trinajstić information content (AvgIpc) is 2.69. The number of nitrogen functional groups attached to an aromatic ring is 1. The highest BCUT2D eigenvalue weighted by molar-refractivity contribution is 5.41. The highest BCUT2D eigenvalue weighted by Gasteiger charge is 2.12. The van der Waals surface area contributed by atoms with Crippen molar-refractivity contribution in [3.8, 4) is 5.75 Å². The van der Waals surface area contributed by atoms with Crippen LogP contribution in [0.3, 0.4) is 0 Å². The molecule has 0 heterocycles. The maximum absolute atomic E-state index is 6.03. The van der Waals surface area contributed by atoms with Gasteiger partial charge in [0.05, 0.1) is 0 Å². The molecule has 0 radical (unpaired) electrons. The molecule has 0 aromatic heterocycles. The number of hydrogen-bond donors (Lipinski definition) is 1. The lowest BCUT2D eigenvalue weighted by molar-refractivity contribution is 0.305. The number of anilines is 1. The molecule has 3 aromatic carbocycles. The molecule has 0 aliphatic heterocycles. The fourth-order valence-electron chi connectivity index (χ4n) is 3.50. The van der Waals surface area contributed by atoms with Gasteiger partial charge in [-0.3, -0.25) is 0 Å². The maximum atomic E-state index is 6.03. The first-order valence-corrected chi connectivity index (χ1v) is 9.79. The van der Waals surface area contributed by atoms with Gasteiger partial charge in [-0.1, -0.05) is 68.8 Å². The summed E-state index contributed by atoms with van der Waals surface area (Å²) in [6, 6.07) is 25.1. The third kappa shape index (κ3) is 5.37. The Morgan fingerprint density at radius 2 is 1.63 bits per heavy atom. The van der Waals surface area contributed by atoms with Crippen LogP contribution in [-0.4, -0.2) is 0 Å². The minimum atomic E-state index is 0.457. The van der Waals surface area contributed by atoms with Crippen molar-refractivity contribution >= 4 is 5.69 Å². The third-order valence-corrected chi connectivity index (χ3v) is 4.93. The van der Waals surface area contributed by atoms with E-state index in [1.54, 1.807) is 0 Å². The van der Waals surface area contributed by atoms with E-state index in [1.807, 2.05) is 30.3 Å². The molecule has 0 saturated heterocycles. The zero-order valence-electron chi connectivity index (χ0n) is 16.3. The standard InChI is InChI=1S/C25H29NO/c1-3-7-22-17-24(27-18-21-8-5-4-6-9-21)14-15-25(22)19(2)16-20-10-12-23(26)13-11-20/h4-6,8-15,17,19H,3,7,16,18,26H2,1-2H3. The summed E-state index contributed by atoms with van der Waals surface area (Å²) in [6.07, 6.45) is 3.22. The summed E-state index contributed by atoms with van der Waals surface area (Å²) in [7, 11) is 0. The highest BCUT2D eigenvalue weighted by Crippen LogP contribution is 2.29. The molecule has 0 bridgehead atoms. The van der Waals surface area contributed by atoms with Gasteiger partial charge in [0.1, 0.15) is 12.4 Å². The largest absolute Gasteiger partial charge is 0.489 e. The zero-order chi connectivity index (χ0) is 19.1. The van der Waals surface area contributed by atoms with Crippen LogP contribution >= 0.6 is 0 Å². The summed E-state index contributed by atoms with van der Waals surface area (Å²) in [6.45, 7) is 5.13. The predicted octanol–water partition coefficient (Wildman–Crippen LogP) is 6.15. The molecule has 3 rings (SSSR count). The van der Waals surface area contributed by atoms with Crippen molar-refractivity contribution in [3.63, 3.8) is 0 Å². The van der Waals surface area contributed by atoms with Crippen LogP contribution < -0.4 is 10.5 Å². The van der Waals surface area contributed by atoms with Crippen LogP contribution in [0.25, 0.3) is 0 Å². The summed E-state index contributed by atoms with van der Waals surface area (Å²) >= 11 is 0. The number of hydrogen-bond acceptors (Lipinski definition) is 2. The monoisotopic (exact) mass is 359 g/mol. The minimum absolute atomic E-state index is 0.457. The van der Waals surface area contributed by atoms with E-state index in [2.05, 4.69) is 56.3 Å². The van der Waals surface area contributed by atoms with Crippen molar-refractivity contribution in [2.24, 2.45) is 0 Å². The van der Waals surface area contributed by atoms with Crippen molar-refractivity contribution in [2.75, 3.05) is 5.73 Å². The molecule has 0 spiro atoms. The SMILES string of the molecule is CCCc1cc(OCc2ccccc2)ccc1C(C)Cc1ccc(N)cc1. The van der Waals surface area contributed by atoms with Gasteiger partial charge in [-0.2, -0.15) is 0 Å². The first-order valence-electron chi connectivity index (χ1n) is 9.79. The number of aryl methyl sites for hydroxylation is 1. The molecule has 0 aliphatic carbocycles. The quantitative estimate of drug-likeness (QED) is 0.490. The van der Waals surface area contributed by atoms with E-state index in [-0.39, 0.29) is 0 Å². The second-order valence-corrected chi connectivity index (χ2v) is 7.23. The van der Waals surface area contributed by atoms with Crippen molar-refractivity contribution in [1.82, 2.24) is 0 Å². The highest BCUT2D eigenvalue weighted by atomic mass is 16.5. The molecular weight excluding hydrogens is 330 g/mol. The number of rotatable bonds is 8. The summed E-state index contributed by atoms with van der Waals surface area (Å²) in [5, 5.41) is 0. The molecule has 3 aromatic rings. The number of benzene rings is 3. The molecule has 0 aliphatic rings. The molecule has 2 N–H and O–H groups in total. The molecule has 0 saturated carbocycles. The predicted molar refractivity (Wildman–Crippen MR) is 114 cm³/mol. The van der Waals surface area contributed by atoms with Gasteiger partial charge in [-0.05, 0) is 65.3 Å². The molecule has 0 fully saturated rings. The number of ether oxygens (including phenoxy) is 1. The van der Waals surface area contributed by atoms with Gasteiger partial charge >= 0.3 is 0 Å². The van der Waals surface area contributed by atoms with Crippen LogP contribution in [0.15, 0.2) is 72.8 Å². The zero-order valence-corrected chi connectivity index (χ0v) is 16.3. The van der Waals surface area contributed by atoms with Gasteiger partial charge in [-0.25, -0.2) is 0 Å². The van der Waals surface area contributed by atoms with Crippen LogP contribution in [0.5, 0.6) is 5.75 Å². The van der Waals surface area contributed by atoms with E-state index in [1.165, 1.54) is 22.3 Å². The van der Waals surface area contributed by atoms with Gasteiger partial charge in [0.2, 0.25) is 0 Å². The molecule has 27 heavy (non-hydrogen) atoms. The summed E-state index contributed by atoms with van der Waals surface area (Å²) in [5.41, 5.74) is 11.9. The van der Waals surface area contributed by atoms with Crippen LogP contribution in [-0.2, 0) is 19.4 Å². The molecule has 2 heteroatoms. The van der Waals surface area contributed by atoms with Gasteiger partial charge in [0, 0.05) is 5.69 Å². The second-order valence-electron chi connectivity index (χ2n) is 7.23. The molecule has 1 unspecified atom stereocenters. The second kappa shape index (κ2) is 9.27. The lowest BCUT2D eigenvalue weighted by Gasteiger charge is -2.18. The molecule has 2 nitrogen and oxygen atoms in total. The first kappa shape index (κ1) is 19.0. The van der Waals surface area contributed by atoms with Crippen LogP contribution in [0.2, 0.25) is 0 Å². The Kier molecular flexibility index (Phi) is 6.54. The Labute approximate surface area is 163 Å². The molecule has 0 amide bonds. The van der Waals surface area contributed by atoms with E-state index in [0.717, 1.165) is 30.7 Å². The van der Waals surface area contributed by atoms with Crippen molar-refractivity contribution in [3.05, 3.63) is 95.1 Å². The normalized spacial score (nSPS) is 11.9. The van der Waals surface area contributed by atoms with Gasteiger partial charge in [-0.15, -0.1) is 0 Å². The summed E-state index contributed by atoms with van der Waals surface area (Å²) in [4.78, 5) is 0. The van der Waals surface area contributed by atoms with Crippen LogP contribution in [0.1, 0.15) is 48.4 Å². The van der Waals surface area contributed by atoms with Crippen LogP contribution in [0, 0.1) is 0 Å². The van der Waals surface area contributed by atoms with E-state index in [0.29, 0.717) is 12.5 Å². The lowest BCUT2D eigenvalue weighted by atomic mass is 9.88. The van der Waals surface area contributed by atoms with Gasteiger partial charge < -0.3 is 10.5 Å². The Morgan fingerprint density at radius 3 is 2.33 bits per heavy atom. The topological polar surface area (TPSA) is 35.2 Å². The number of nitrogens with two attached hydrogens (primary N) is 1. The van der Waals surface area contributed by atoms with E-state index >= 15 is 0 Å². The van der Waals surface area contributed by atoms with Gasteiger partial charge in [0.15, 0.2) is 0 Å². The maximum Gasteiger partial charge on any atom is 0.120 e. The minimum Gasteiger partial charge on any atom is -0.489 e. The lowest BCUT2D eigenvalue weighted by Crippen LogP contribution is -2.04. The van der Waals surface area contributed by atoms with Crippen LogP contribution in [0.4, 0.5) is 5.69 Å². The Morgan fingerprint density at radius 1 is 0.889 bits per heavy atom. The molecule has 1 atom stereocenters. The van der Waals surface area contributed by atoms with E-state index in [9.17, 15) is 0 Å². The summed E-state index contributed by atoms with van der Waals surface area (Å²) < 4.78 is 6.03. The van der Waals surface area contributed by atoms with Crippen molar-refractivity contribution in [2.45, 2.75) is 45.6 Å². The Hall–Kier alpha value is -2.74. The van der Waals surface area contributed by atoms with Crippen molar-refractivity contribution in [1.29, 1.82) is 0 Å².